The topological polar surface area (TPSA) is 81.0 Å². The van der Waals surface area contributed by atoms with Crippen LogP contribution in [0.2, 0.25) is 0 Å². The molecule has 1 atom stereocenters. The van der Waals surface area contributed by atoms with Crippen molar-refractivity contribution in [3.63, 3.8) is 0 Å². The van der Waals surface area contributed by atoms with Crippen LogP contribution >= 0.6 is 0 Å². The molecule has 22 heavy (non-hydrogen) atoms. The fourth-order valence-electron chi connectivity index (χ4n) is 2.54. The van der Waals surface area contributed by atoms with Gasteiger partial charge < -0.3 is 0 Å². The zero-order chi connectivity index (χ0) is 15.9. The standard InChI is InChI=1S/C15H17N5O2/c1-4-15(3)12(21)19(5-2)14-17-11(18-20(14)13(15)22)10-6-8-16-9-7-10/h6-9H,4-5H2,1-3H3. The molecule has 0 saturated heterocycles. The van der Waals surface area contributed by atoms with E-state index >= 15 is 0 Å². The molecular formula is C15H17N5O2. The Labute approximate surface area is 128 Å². The van der Waals surface area contributed by atoms with Crippen LogP contribution < -0.4 is 4.90 Å². The lowest BCUT2D eigenvalue weighted by atomic mass is 9.83. The van der Waals surface area contributed by atoms with E-state index in [2.05, 4.69) is 15.1 Å². The zero-order valence-corrected chi connectivity index (χ0v) is 12.8. The van der Waals surface area contributed by atoms with Crippen LogP contribution in [0.3, 0.4) is 0 Å². The third kappa shape index (κ3) is 1.85. The van der Waals surface area contributed by atoms with Gasteiger partial charge >= 0.3 is 0 Å². The average molecular weight is 299 g/mol. The number of anilines is 1. The summed E-state index contributed by atoms with van der Waals surface area (Å²) in [5, 5.41) is 4.31. The first-order valence-electron chi connectivity index (χ1n) is 7.27. The Hall–Kier alpha value is -2.57. The molecule has 7 nitrogen and oxygen atoms in total. The Kier molecular flexibility index (Phi) is 3.27. The Balaban J connectivity index is 2.17. The summed E-state index contributed by atoms with van der Waals surface area (Å²) in [5.74, 6) is 0.156. The molecule has 7 heteroatoms. The van der Waals surface area contributed by atoms with Crippen LogP contribution in [0.25, 0.3) is 11.4 Å². The van der Waals surface area contributed by atoms with Crippen LogP contribution in [0.4, 0.5) is 5.95 Å². The summed E-state index contributed by atoms with van der Waals surface area (Å²) in [7, 11) is 0. The van der Waals surface area contributed by atoms with E-state index in [0.717, 1.165) is 5.56 Å². The van der Waals surface area contributed by atoms with E-state index in [4.69, 9.17) is 0 Å². The number of aromatic nitrogens is 4. The van der Waals surface area contributed by atoms with Gasteiger partial charge in [-0.3, -0.25) is 19.5 Å². The lowest BCUT2D eigenvalue weighted by Crippen LogP contribution is -2.54. The Morgan fingerprint density at radius 1 is 1.14 bits per heavy atom. The van der Waals surface area contributed by atoms with E-state index in [1.807, 2.05) is 13.8 Å². The van der Waals surface area contributed by atoms with Crippen molar-refractivity contribution in [3.05, 3.63) is 24.5 Å². The van der Waals surface area contributed by atoms with Crippen molar-refractivity contribution in [2.24, 2.45) is 5.41 Å². The highest BCUT2D eigenvalue weighted by Gasteiger charge is 2.49. The van der Waals surface area contributed by atoms with E-state index in [0.29, 0.717) is 18.8 Å². The minimum atomic E-state index is -1.09. The SMILES string of the molecule is CCN1C(=O)C(C)(CC)C(=O)n2nc(-c3ccncc3)nc21. The van der Waals surface area contributed by atoms with Crippen LogP contribution in [0, 0.1) is 5.41 Å². The number of hydrogen-bond acceptors (Lipinski definition) is 5. The summed E-state index contributed by atoms with van der Waals surface area (Å²) in [6.07, 6.45) is 3.69. The molecular weight excluding hydrogens is 282 g/mol. The van der Waals surface area contributed by atoms with Gasteiger partial charge in [0.2, 0.25) is 11.9 Å². The Bertz CT molecular complexity index is 740. The minimum absolute atomic E-state index is 0.219. The van der Waals surface area contributed by atoms with Gasteiger partial charge in [0.05, 0.1) is 0 Å². The average Bonchev–Trinajstić information content (AvgIpc) is 2.99. The third-order valence-electron chi connectivity index (χ3n) is 4.17. The highest BCUT2D eigenvalue weighted by molar-refractivity contribution is 6.15. The molecule has 0 bridgehead atoms. The monoisotopic (exact) mass is 299 g/mol. The molecule has 0 aromatic carbocycles. The zero-order valence-electron chi connectivity index (χ0n) is 12.8. The molecule has 1 aliphatic rings. The first kappa shape index (κ1) is 14.4. The Morgan fingerprint density at radius 3 is 2.41 bits per heavy atom. The molecule has 0 radical (unpaired) electrons. The fraction of sp³-hybridized carbons (Fsp3) is 0.400. The molecule has 2 aromatic rings. The minimum Gasteiger partial charge on any atom is -0.280 e. The molecule has 3 heterocycles. The number of nitrogens with zero attached hydrogens (tertiary/aromatic N) is 5. The number of pyridine rings is 1. The summed E-state index contributed by atoms with van der Waals surface area (Å²) in [5.41, 5.74) is -0.335. The van der Waals surface area contributed by atoms with Gasteiger partial charge in [-0.05, 0) is 32.4 Å². The quantitative estimate of drug-likeness (QED) is 0.807. The maximum absolute atomic E-state index is 12.7. The van der Waals surface area contributed by atoms with E-state index < -0.39 is 5.41 Å². The highest BCUT2D eigenvalue weighted by Crippen LogP contribution is 2.35. The lowest BCUT2D eigenvalue weighted by molar-refractivity contribution is -0.126. The highest BCUT2D eigenvalue weighted by atomic mass is 16.2. The van der Waals surface area contributed by atoms with Gasteiger partial charge in [-0.25, -0.2) is 0 Å². The van der Waals surface area contributed by atoms with Crippen molar-refractivity contribution in [3.8, 4) is 11.4 Å². The van der Waals surface area contributed by atoms with Crippen LogP contribution in [-0.4, -0.2) is 38.1 Å². The molecule has 1 amide bonds. The van der Waals surface area contributed by atoms with E-state index in [-0.39, 0.29) is 17.8 Å². The van der Waals surface area contributed by atoms with Crippen molar-refractivity contribution >= 4 is 17.8 Å². The molecule has 0 aliphatic carbocycles. The van der Waals surface area contributed by atoms with Gasteiger partial charge in [-0.2, -0.15) is 9.67 Å². The summed E-state index contributed by atoms with van der Waals surface area (Å²) >= 11 is 0. The second kappa shape index (κ2) is 5.01. The van der Waals surface area contributed by atoms with Crippen LogP contribution in [-0.2, 0) is 4.79 Å². The van der Waals surface area contributed by atoms with Crippen molar-refractivity contribution in [1.29, 1.82) is 0 Å². The van der Waals surface area contributed by atoms with E-state index in [1.54, 1.807) is 31.5 Å². The van der Waals surface area contributed by atoms with Gasteiger partial charge in [0.25, 0.3) is 5.91 Å². The van der Waals surface area contributed by atoms with Crippen molar-refractivity contribution in [2.45, 2.75) is 27.2 Å². The summed E-state index contributed by atoms with van der Waals surface area (Å²) < 4.78 is 1.25. The van der Waals surface area contributed by atoms with Crippen LogP contribution in [0.1, 0.15) is 32.0 Å². The first-order chi connectivity index (χ1) is 10.5. The van der Waals surface area contributed by atoms with Gasteiger partial charge in [0.1, 0.15) is 5.41 Å². The molecule has 1 unspecified atom stereocenters. The Morgan fingerprint density at radius 2 is 1.82 bits per heavy atom. The van der Waals surface area contributed by atoms with Crippen molar-refractivity contribution in [1.82, 2.24) is 19.7 Å². The molecule has 114 valence electrons. The molecule has 1 aliphatic heterocycles. The molecule has 2 aromatic heterocycles. The normalized spacial score (nSPS) is 21.1. The third-order valence-corrected chi connectivity index (χ3v) is 4.17. The number of hydrogen-bond donors (Lipinski definition) is 0. The van der Waals surface area contributed by atoms with Gasteiger partial charge in [0, 0.05) is 24.5 Å². The second-order valence-corrected chi connectivity index (χ2v) is 5.42. The summed E-state index contributed by atoms with van der Waals surface area (Å²) in [6.45, 7) is 5.79. The molecule has 0 N–H and O–H groups in total. The smallest absolute Gasteiger partial charge is 0.265 e. The van der Waals surface area contributed by atoms with Gasteiger partial charge in [-0.1, -0.05) is 6.92 Å². The number of rotatable bonds is 3. The van der Waals surface area contributed by atoms with Crippen molar-refractivity contribution < 1.29 is 9.59 Å². The number of carbonyl (C=O) groups is 2. The molecule has 0 spiro atoms. The van der Waals surface area contributed by atoms with E-state index in [9.17, 15) is 9.59 Å². The maximum atomic E-state index is 12.7. The van der Waals surface area contributed by atoms with Crippen molar-refractivity contribution in [2.75, 3.05) is 11.4 Å². The maximum Gasteiger partial charge on any atom is 0.265 e. The van der Waals surface area contributed by atoms with Gasteiger partial charge in [0.15, 0.2) is 5.82 Å². The predicted molar refractivity (Wildman–Crippen MR) is 80.3 cm³/mol. The molecule has 0 fully saturated rings. The fourth-order valence-corrected chi connectivity index (χ4v) is 2.54. The number of fused-ring (bicyclic) bond motifs is 1. The lowest BCUT2D eigenvalue weighted by Gasteiger charge is -2.35. The number of carbonyl (C=O) groups excluding carboxylic acids is 2. The largest absolute Gasteiger partial charge is 0.280 e. The van der Waals surface area contributed by atoms with Gasteiger partial charge in [-0.15, -0.1) is 5.10 Å². The summed E-state index contributed by atoms with van der Waals surface area (Å²) in [6, 6.07) is 3.53. The number of amides is 1. The second-order valence-electron chi connectivity index (χ2n) is 5.42. The van der Waals surface area contributed by atoms with Crippen LogP contribution in [0.15, 0.2) is 24.5 Å². The first-order valence-corrected chi connectivity index (χ1v) is 7.27. The van der Waals surface area contributed by atoms with Crippen LogP contribution in [0.5, 0.6) is 0 Å². The van der Waals surface area contributed by atoms with E-state index in [1.165, 1.54) is 9.58 Å². The summed E-state index contributed by atoms with van der Waals surface area (Å²) in [4.78, 5) is 35.2. The molecule has 0 saturated carbocycles. The predicted octanol–water partition coefficient (Wildman–Crippen LogP) is 1.76. The molecule has 3 rings (SSSR count).